The first kappa shape index (κ1) is 22.2. The first-order chi connectivity index (χ1) is 13.7. The number of fused-ring (bicyclic) bond motifs is 1. The van der Waals surface area contributed by atoms with E-state index in [1.165, 1.54) is 0 Å². The standard InChI is InChI=1S/C20H26BrN5O2.HI/c1-3-23-20(24-10-15-8-16(21)19-18(9-15)27-13-28-19)25-6-4-14(2)17(11-25)26-7-5-22-12-26;/h5,7-9,12,14,17H,3-4,6,10-11,13H2,1-2H3,(H,23,24);1H. The molecule has 29 heavy (non-hydrogen) atoms. The van der Waals surface area contributed by atoms with Crippen LogP contribution < -0.4 is 14.8 Å². The fourth-order valence-electron chi connectivity index (χ4n) is 3.80. The molecule has 7 nitrogen and oxygen atoms in total. The average Bonchev–Trinajstić information content (AvgIpc) is 3.37. The number of rotatable bonds is 4. The van der Waals surface area contributed by atoms with E-state index < -0.39 is 0 Å². The lowest BCUT2D eigenvalue weighted by Crippen LogP contribution is -2.49. The van der Waals surface area contributed by atoms with Gasteiger partial charge in [-0.1, -0.05) is 6.92 Å². The minimum Gasteiger partial charge on any atom is -0.454 e. The zero-order valence-corrected chi connectivity index (χ0v) is 20.6. The van der Waals surface area contributed by atoms with E-state index in [1.807, 2.05) is 24.7 Å². The molecule has 3 heterocycles. The van der Waals surface area contributed by atoms with Crippen molar-refractivity contribution in [1.82, 2.24) is 19.8 Å². The van der Waals surface area contributed by atoms with E-state index in [4.69, 9.17) is 14.5 Å². The highest BCUT2D eigenvalue weighted by atomic mass is 127. The van der Waals surface area contributed by atoms with E-state index in [9.17, 15) is 0 Å². The van der Waals surface area contributed by atoms with Crippen LogP contribution in [0.25, 0.3) is 0 Å². The Labute approximate surface area is 197 Å². The van der Waals surface area contributed by atoms with Crippen LogP contribution in [0.5, 0.6) is 11.5 Å². The van der Waals surface area contributed by atoms with Gasteiger partial charge >= 0.3 is 0 Å². The summed E-state index contributed by atoms with van der Waals surface area (Å²) in [4.78, 5) is 11.5. The summed E-state index contributed by atoms with van der Waals surface area (Å²) in [5.74, 6) is 3.11. The number of ether oxygens (including phenoxy) is 2. The van der Waals surface area contributed by atoms with Crippen LogP contribution in [0.4, 0.5) is 0 Å². The number of hydrogen-bond donors (Lipinski definition) is 1. The molecular formula is C20H27BrIN5O2. The molecule has 1 N–H and O–H groups in total. The van der Waals surface area contributed by atoms with Crippen LogP contribution in [0.1, 0.15) is 31.9 Å². The molecule has 2 aliphatic rings. The van der Waals surface area contributed by atoms with Crippen LogP contribution in [-0.2, 0) is 6.54 Å². The number of halogens is 2. The van der Waals surface area contributed by atoms with Crippen molar-refractivity contribution >= 4 is 45.9 Å². The summed E-state index contributed by atoms with van der Waals surface area (Å²) in [6.07, 6.45) is 6.95. The molecule has 158 valence electrons. The van der Waals surface area contributed by atoms with Crippen LogP contribution in [0.3, 0.4) is 0 Å². The van der Waals surface area contributed by atoms with Crippen LogP contribution >= 0.6 is 39.9 Å². The van der Waals surface area contributed by atoms with E-state index >= 15 is 0 Å². The Morgan fingerprint density at radius 2 is 2.24 bits per heavy atom. The zero-order valence-electron chi connectivity index (χ0n) is 16.7. The Kier molecular flexibility index (Phi) is 7.66. The minimum atomic E-state index is 0. The van der Waals surface area contributed by atoms with Gasteiger partial charge in [0.2, 0.25) is 6.79 Å². The Balaban J connectivity index is 0.00000240. The van der Waals surface area contributed by atoms with Gasteiger partial charge in [-0.05, 0) is 52.9 Å². The van der Waals surface area contributed by atoms with Crippen LogP contribution in [0.15, 0.2) is 40.3 Å². The highest BCUT2D eigenvalue weighted by molar-refractivity contribution is 14.0. The molecule has 2 aliphatic heterocycles. The van der Waals surface area contributed by atoms with Gasteiger partial charge in [0.15, 0.2) is 17.5 Å². The summed E-state index contributed by atoms with van der Waals surface area (Å²) in [5, 5.41) is 3.45. The van der Waals surface area contributed by atoms with Crippen molar-refractivity contribution in [1.29, 1.82) is 0 Å². The van der Waals surface area contributed by atoms with Crippen molar-refractivity contribution in [2.24, 2.45) is 10.9 Å². The quantitative estimate of drug-likeness (QED) is 0.339. The van der Waals surface area contributed by atoms with Gasteiger partial charge in [-0.2, -0.15) is 0 Å². The summed E-state index contributed by atoms with van der Waals surface area (Å²) in [7, 11) is 0. The topological polar surface area (TPSA) is 63.9 Å². The lowest BCUT2D eigenvalue weighted by atomic mass is 9.93. The molecule has 1 saturated heterocycles. The van der Waals surface area contributed by atoms with Crippen molar-refractivity contribution in [3.63, 3.8) is 0 Å². The molecule has 1 aromatic heterocycles. The van der Waals surface area contributed by atoms with Gasteiger partial charge in [0.25, 0.3) is 0 Å². The second kappa shape index (κ2) is 10.0. The number of nitrogens with zero attached hydrogens (tertiary/aromatic N) is 4. The number of aliphatic imine (C=N–C) groups is 1. The fraction of sp³-hybridized carbons (Fsp3) is 0.500. The SMILES string of the molecule is CCNC(=NCc1cc(Br)c2c(c1)OCO2)N1CCC(C)C(n2ccnc2)C1.I. The molecule has 0 saturated carbocycles. The van der Waals surface area contributed by atoms with Crippen molar-refractivity contribution in [3.8, 4) is 11.5 Å². The minimum absolute atomic E-state index is 0. The summed E-state index contributed by atoms with van der Waals surface area (Å²) < 4.78 is 14.1. The molecule has 4 rings (SSSR count). The first-order valence-corrected chi connectivity index (χ1v) is 10.5. The number of nitrogens with one attached hydrogen (secondary N) is 1. The van der Waals surface area contributed by atoms with Gasteiger partial charge in [-0.3, -0.25) is 0 Å². The Hall–Kier alpha value is -1.49. The highest BCUT2D eigenvalue weighted by Gasteiger charge is 2.29. The number of aromatic nitrogens is 2. The van der Waals surface area contributed by atoms with E-state index in [2.05, 4.69) is 55.7 Å². The maximum atomic E-state index is 5.52. The third-order valence-electron chi connectivity index (χ3n) is 5.36. The van der Waals surface area contributed by atoms with Crippen molar-refractivity contribution < 1.29 is 9.47 Å². The smallest absolute Gasteiger partial charge is 0.231 e. The Bertz CT molecular complexity index is 846. The predicted molar refractivity (Wildman–Crippen MR) is 127 cm³/mol. The molecule has 2 atom stereocenters. The highest BCUT2D eigenvalue weighted by Crippen LogP contribution is 2.40. The number of piperidine rings is 1. The van der Waals surface area contributed by atoms with Crippen LogP contribution in [-0.4, -0.2) is 46.8 Å². The van der Waals surface area contributed by atoms with E-state index in [0.717, 1.165) is 53.5 Å². The molecule has 0 bridgehead atoms. The summed E-state index contributed by atoms with van der Waals surface area (Å²) in [5.41, 5.74) is 1.09. The molecular weight excluding hydrogens is 549 g/mol. The third-order valence-corrected chi connectivity index (χ3v) is 5.95. The molecule has 0 amide bonds. The predicted octanol–water partition coefficient (Wildman–Crippen LogP) is 4.04. The van der Waals surface area contributed by atoms with Gasteiger partial charge < -0.3 is 24.3 Å². The number of guanidine groups is 1. The van der Waals surface area contributed by atoms with E-state index in [1.54, 1.807) is 0 Å². The molecule has 1 aromatic carbocycles. The molecule has 0 radical (unpaired) electrons. The second-order valence-corrected chi connectivity index (χ2v) is 8.13. The maximum Gasteiger partial charge on any atom is 0.231 e. The van der Waals surface area contributed by atoms with E-state index in [-0.39, 0.29) is 30.8 Å². The summed E-state index contributed by atoms with van der Waals surface area (Å²) >= 11 is 3.56. The molecule has 2 unspecified atom stereocenters. The van der Waals surface area contributed by atoms with Gasteiger partial charge in [0.1, 0.15) is 0 Å². The van der Waals surface area contributed by atoms with Gasteiger partial charge in [-0.15, -0.1) is 24.0 Å². The normalized spacial score (nSPS) is 21.1. The fourth-order valence-corrected chi connectivity index (χ4v) is 4.40. The number of likely N-dealkylation sites (tertiary alicyclic amines) is 1. The molecule has 2 aromatic rings. The molecule has 9 heteroatoms. The van der Waals surface area contributed by atoms with Crippen molar-refractivity contribution in [3.05, 3.63) is 40.9 Å². The Morgan fingerprint density at radius 1 is 1.38 bits per heavy atom. The molecule has 0 spiro atoms. The lowest BCUT2D eigenvalue weighted by molar-refractivity contribution is 0.173. The van der Waals surface area contributed by atoms with Crippen LogP contribution in [0, 0.1) is 5.92 Å². The first-order valence-electron chi connectivity index (χ1n) is 9.74. The average molecular weight is 576 g/mol. The number of imidazole rings is 1. The third kappa shape index (κ3) is 4.99. The van der Waals surface area contributed by atoms with Crippen LogP contribution in [0.2, 0.25) is 0 Å². The summed E-state index contributed by atoms with van der Waals surface area (Å²) in [6.45, 7) is 8.04. The van der Waals surface area contributed by atoms with Crippen molar-refractivity contribution in [2.75, 3.05) is 26.4 Å². The monoisotopic (exact) mass is 575 g/mol. The zero-order chi connectivity index (χ0) is 19.5. The van der Waals surface area contributed by atoms with Gasteiger partial charge in [-0.25, -0.2) is 9.98 Å². The van der Waals surface area contributed by atoms with Gasteiger partial charge in [0.05, 0.1) is 23.4 Å². The summed E-state index contributed by atoms with van der Waals surface area (Å²) in [6, 6.07) is 4.46. The van der Waals surface area contributed by atoms with E-state index in [0.29, 0.717) is 18.5 Å². The van der Waals surface area contributed by atoms with Crippen molar-refractivity contribution in [2.45, 2.75) is 32.9 Å². The largest absolute Gasteiger partial charge is 0.454 e. The van der Waals surface area contributed by atoms with Gasteiger partial charge in [0, 0.05) is 32.0 Å². The lowest BCUT2D eigenvalue weighted by Gasteiger charge is -2.39. The number of benzene rings is 1. The second-order valence-electron chi connectivity index (χ2n) is 7.27. The maximum absolute atomic E-state index is 5.52. The Morgan fingerprint density at radius 3 is 3.00 bits per heavy atom. The molecule has 0 aliphatic carbocycles. The molecule has 1 fully saturated rings. The number of hydrogen-bond acceptors (Lipinski definition) is 4.